The van der Waals surface area contributed by atoms with Crippen LogP contribution in [0.4, 0.5) is 0 Å². The van der Waals surface area contributed by atoms with Crippen LogP contribution in [0, 0.1) is 17.8 Å². The van der Waals surface area contributed by atoms with Gasteiger partial charge in [-0.15, -0.1) is 0 Å². The average Bonchev–Trinajstić information content (AvgIpc) is 2.44. The van der Waals surface area contributed by atoms with Crippen LogP contribution in [0.1, 0.15) is 32.1 Å². The van der Waals surface area contributed by atoms with E-state index in [9.17, 15) is 4.79 Å². The van der Waals surface area contributed by atoms with Gasteiger partial charge in [0.25, 0.3) is 0 Å². The fourth-order valence-electron chi connectivity index (χ4n) is 2.78. The van der Waals surface area contributed by atoms with Gasteiger partial charge in [-0.3, -0.25) is 0 Å². The minimum Gasteiger partial charge on any atom is -0.303 e. The van der Waals surface area contributed by atoms with Gasteiger partial charge >= 0.3 is 0 Å². The van der Waals surface area contributed by atoms with E-state index in [2.05, 4.69) is 0 Å². The molecule has 1 nitrogen and oxygen atoms in total. The lowest BCUT2D eigenvalue weighted by molar-refractivity contribution is -0.112. The maximum absolute atomic E-state index is 10.5. The first-order chi connectivity index (χ1) is 4.92. The van der Waals surface area contributed by atoms with Crippen molar-refractivity contribution in [3.63, 3.8) is 0 Å². The van der Waals surface area contributed by atoms with Crippen LogP contribution in [-0.2, 0) is 4.79 Å². The van der Waals surface area contributed by atoms with E-state index in [-0.39, 0.29) is 0 Å². The standard InChI is InChI=1S/C9H14O/c10-6-8-5-4-7-2-1-3-9(7)8/h6-9H,1-5H2/t7-,8+,9-/m1/s1. The molecule has 0 heterocycles. The minimum absolute atomic E-state index is 0.438. The Labute approximate surface area is 61.8 Å². The number of carbonyl (C=O) groups excluding carboxylic acids is 1. The molecule has 1 heteroatoms. The van der Waals surface area contributed by atoms with Gasteiger partial charge in [0.2, 0.25) is 0 Å². The molecule has 3 atom stereocenters. The number of carbonyl (C=O) groups is 1. The van der Waals surface area contributed by atoms with Crippen LogP contribution in [0.25, 0.3) is 0 Å². The van der Waals surface area contributed by atoms with Crippen LogP contribution in [0.5, 0.6) is 0 Å². The minimum atomic E-state index is 0.438. The number of hydrogen-bond acceptors (Lipinski definition) is 1. The second-order valence-corrected chi connectivity index (χ2v) is 3.73. The number of hydrogen-bond donors (Lipinski definition) is 0. The van der Waals surface area contributed by atoms with Gasteiger partial charge in [0, 0.05) is 5.92 Å². The summed E-state index contributed by atoms with van der Waals surface area (Å²) >= 11 is 0. The van der Waals surface area contributed by atoms with Crippen molar-refractivity contribution in [2.45, 2.75) is 32.1 Å². The molecular formula is C9H14O. The predicted molar refractivity (Wildman–Crippen MR) is 39.6 cm³/mol. The first-order valence-corrected chi connectivity index (χ1v) is 4.37. The zero-order valence-corrected chi connectivity index (χ0v) is 6.25. The Morgan fingerprint density at radius 3 is 2.80 bits per heavy atom. The van der Waals surface area contributed by atoms with Crippen molar-refractivity contribution in [2.75, 3.05) is 0 Å². The lowest BCUT2D eigenvalue weighted by Crippen LogP contribution is -2.09. The Morgan fingerprint density at radius 1 is 1.10 bits per heavy atom. The molecule has 0 aromatic rings. The Kier molecular flexibility index (Phi) is 1.51. The Bertz CT molecular complexity index is 142. The molecule has 0 N–H and O–H groups in total. The Morgan fingerprint density at radius 2 is 2.00 bits per heavy atom. The van der Waals surface area contributed by atoms with Gasteiger partial charge in [0.05, 0.1) is 0 Å². The van der Waals surface area contributed by atoms with Gasteiger partial charge in [-0.2, -0.15) is 0 Å². The summed E-state index contributed by atoms with van der Waals surface area (Å²) in [7, 11) is 0. The molecule has 0 saturated heterocycles. The second-order valence-electron chi connectivity index (χ2n) is 3.73. The normalized spacial score (nSPS) is 45.4. The molecule has 0 aliphatic heterocycles. The summed E-state index contributed by atoms with van der Waals surface area (Å²) < 4.78 is 0. The van der Waals surface area contributed by atoms with Gasteiger partial charge in [-0.25, -0.2) is 0 Å². The first-order valence-electron chi connectivity index (χ1n) is 4.37. The van der Waals surface area contributed by atoms with Crippen LogP contribution < -0.4 is 0 Å². The molecule has 2 fully saturated rings. The molecule has 2 aliphatic rings. The molecule has 0 aromatic carbocycles. The molecule has 0 bridgehead atoms. The van der Waals surface area contributed by atoms with Gasteiger partial charge in [-0.1, -0.05) is 12.8 Å². The lowest BCUT2D eigenvalue weighted by atomic mass is 9.93. The van der Waals surface area contributed by atoms with Crippen LogP contribution in [0.2, 0.25) is 0 Å². The number of rotatable bonds is 1. The van der Waals surface area contributed by atoms with E-state index in [4.69, 9.17) is 0 Å². The Hall–Kier alpha value is -0.330. The van der Waals surface area contributed by atoms with E-state index in [0.717, 1.165) is 11.8 Å². The van der Waals surface area contributed by atoms with Crippen molar-refractivity contribution in [2.24, 2.45) is 17.8 Å². The molecule has 56 valence electrons. The molecule has 2 aliphatic carbocycles. The summed E-state index contributed by atoms with van der Waals surface area (Å²) in [5, 5.41) is 0. The molecule has 0 amide bonds. The predicted octanol–water partition coefficient (Wildman–Crippen LogP) is 2.01. The van der Waals surface area contributed by atoms with Crippen LogP contribution >= 0.6 is 0 Å². The molecule has 0 spiro atoms. The van der Waals surface area contributed by atoms with Crippen molar-refractivity contribution in [1.82, 2.24) is 0 Å². The van der Waals surface area contributed by atoms with Crippen LogP contribution in [-0.4, -0.2) is 6.29 Å². The second kappa shape index (κ2) is 2.37. The topological polar surface area (TPSA) is 17.1 Å². The zero-order chi connectivity index (χ0) is 6.97. The molecular weight excluding hydrogens is 124 g/mol. The van der Waals surface area contributed by atoms with Crippen molar-refractivity contribution < 1.29 is 4.79 Å². The van der Waals surface area contributed by atoms with Gasteiger partial charge in [0.15, 0.2) is 0 Å². The summed E-state index contributed by atoms with van der Waals surface area (Å²) in [6.07, 6.45) is 7.80. The molecule has 2 saturated carbocycles. The molecule has 0 unspecified atom stereocenters. The SMILES string of the molecule is O=C[C@@H]1CC[C@H]2CCC[C@H]21. The van der Waals surface area contributed by atoms with Gasteiger partial charge in [0.1, 0.15) is 6.29 Å². The van der Waals surface area contributed by atoms with Gasteiger partial charge < -0.3 is 4.79 Å². The van der Waals surface area contributed by atoms with Crippen molar-refractivity contribution in [3.8, 4) is 0 Å². The van der Waals surface area contributed by atoms with Crippen molar-refractivity contribution in [1.29, 1.82) is 0 Å². The number of aldehydes is 1. The quantitative estimate of drug-likeness (QED) is 0.506. The fraction of sp³-hybridized carbons (Fsp3) is 0.889. The third kappa shape index (κ3) is 0.799. The van der Waals surface area contributed by atoms with E-state index in [0.29, 0.717) is 5.92 Å². The number of fused-ring (bicyclic) bond motifs is 1. The fourth-order valence-corrected chi connectivity index (χ4v) is 2.78. The highest BCUT2D eigenvalue weighted by molar-refractivity contribution is 5.54. The molecule has 2 rings (SSSR count). The Balaban J connectivity index is 2.07. The highest BCUT2D eigenvalue weighted by Crippen LogP contribution is 2.46. The van der Waals surface area contributed by atoms with Crippen molar-refractivity contribution >= 4 is 6.29 Å². The first kappa shape index (κ1) is 6.38. The summed E-state index contributed by atoms with van der Waals surface area (Å²) in [5.74, 6) is 2.15. The van der Waals surface area contributed by atoms with Gasteiger partial charge in [-0.05, 0) is 31.1 Å². The van der Waals surface area contributed by atoms with Crippen LogP contribution in [0.15, 0.2) is 0 Å². The van der Waals surface area contributed by atoms with E-state index >= 15 is 0 Å². The maximum Gasteiger partial charge on any atom is 0.123 e. The van der Waals surface area contributed by atoms with E-state index in [1.54, 1.807) is 0 Å². The van der Waals surface area contributed by atoms with Crippen LogP contribution in [0.3, 0.4) is 0 Å². The van der Waals surface area contributed by atoms with Crippen molar-refractivity contribution in [3.05, 3.63) is 0 Å². The van der Waals surface area contributed by atoms with E-state index in [1.165, 1.54) is 38.4 Å². The summed E-state index contributed by atoms with van der Waals surface area (Å²) in [4.78, 5) is 10.5. The highest BCUT2D eigenvalue weighted by atomic mass is 16.1. The maximum atomic E-state index is 10.5. The molecule has 0 aromatic heterocycles. The average molecular weight is 138 g/mol. The van der Waals surface area contributed by atoms with E-state index < -0.39 is 0 Å². The molecule has 10 heavy (non-hydrogen) atoms. The third-order valence-corrected chi connectivity index (χ3v) is 3.31. The summed E-state index contributed by atoms with van der Waals surface area (Å²) in [6, 6.07) is 0. The smallest absolute Gasteiger partial charge is 0.123 e. The molecule has 0 radical (unpaired) electrons. The third-order valence-electron chi connectivity index (χ3n) is 3.31. The van der Waals surface area contributed by atoms with E-state index in [1.807, 2.05) is 0 Å². The largest absolute Gasteiger partial charge is 0.303 e. The summed E-state index contributed by atoms with van der Waals surface area (Å²) in [6.45, 7) is 0. The zero-order valence-electron chi connectivity index (χ0n) is 6.25. The highest BCUT2D eigenvalue weighted by Gasteiger charge is 2.38. The summed E-state index contributed by atoms with van der Waals surface area (Å²) in [5.41, 5.74) is 0. The lowest BCUT2D eigenvalue weighted by Gasteiger charge is -2.10. The monoisotopic (exact) mass is 138 g/mol.